The number of alkyl halides is 6. The minimum absolute atomic E-state index is 0.00912. The van der Waals surface area contributed by atoms with Crippen LogP contribution < -0.4 is 11.3 Å². The second-order valence-corrected chi connectivity index (χ2v) is 3.51. The van der Waals surface area contributed by atoms with Crippen LogP contribution in [-0.2, 0) is 21.9 Å². The third-order valence-corrected chi connectivity index (χ3v) is 1.99. The van der Waals surface area contributed by atoms with E-state index in [9.17, 15) is 26.3 Å². The fraction of sp³-hybridized carbons (Fsp3) is 0.200. The van der Waals surface area contributed by atoms with Gasteiger partial charge in [0.1, 0.15) is 0 Å². The highest BCUT2D eigenvalue weighted by Crippen LogP contribution is 2.38. The van der Waals surface area contributed by atoms with E-state index in [-0.39, 0.29) is 6.07 Å². The first kappa shape index (κ1) is 19.5. The molecule has 0 atom stereocenters. The summed E-state index contributed by atoms with van der Waals surface area (Å²) in [6.45, 7) is 0. The highest BCUT2D eigenvalue weighted by atomic mass is 19.4. The zero-order valence-electron chi connectivity index (χ0n) is 10.3. The standard InChI is InChI=1S/C8H6F6N2.C2H2O4/c9-7(10,11)4-1-2-6(16-15)5(3-4)8(12,13)14;3-1(4)2(5)6/h1-3,16H,15H2;(H,3,4)(H,5,6). The van der Waals surface area contributed by atoms with E-state index in [0.717, 1.165) is 0 Å². The number of carboxylic acids is 2. The molecule has 0 spiro atoms. The maximum atomic E-state index is 12.3. The maximum Gasteiger partial charge on any atom is 0.418 e. The van der Waals surface area contributed by atoms with Gasteiger partial charge in [0.25, 0.3) is 0 Å². The van der Waals surface area contributed by atoms with Gasteiger partial charge < -0.3 is 15.6 Å². The van der Waals surface area contributed by atoms with Gasteiger partial charge in [0.2, 0.25) is 0 Å². The lowest BCUT2D eigenvalue weighted by Crippen LogP contribution is -2.16. The van der Waals surface area contributed by atoms with Crippen molar-refractivity contribution < 1.29 is 46.1 Å². The van der Waals surface area contributed by atoms with E-state index in [4.69, 9.17) is 25.6 Å². The molecular weight excluding hydrogens is 326 g/mol. The molecule has 1 aromatic rings. The van der Waals surface area contributed by atoms with Gasteiger partial charge in [-0.25, -0.2) is 9.59 Å². The molecule has 6 nitrogen and oxygen atoms in total. The summed E-state index contributed by atoms with van der Waals surface area (Å²) in [6.07, 6.45) is -9.73. The summed E-state index contributed by atoms with van der Waals surface area (Å²) in [5.74, 6) is 1.13. The average Bonchev–Trinajstić information content (AvgIpc) is 2.36. The summed E-state index contributed by atoms with van der Waals surface area (Å²) in [7, 11) is 0. The monoisotopic (exact) mass is 334 g/mol. The number of nitrogens with two attached hydrogens (primary N) is 1. The van der Waals surface area contributed by atoms with Crippen molar-refractivity contribution in [3.63, 3.8) is 0 Å². The zero-order valence-corrected chi connectivity index (χ0v) is 10.3. The van der Waals surface area contributed by atoms with Crippen LogP contribution in [-0.4, -0.2) is 22.2 Å². The van der Waals surface area contributed by atoms with Crippen molar-refractivity contribution in [3.8, 4) is 0 Å². The fourth-order valence-corrected chi connectivity index (χ4v) is 1.08. The van der Waals surface area contributed by atoms with E-state index < -0.39 is 41.1 Å². The normalized spacial score (nSPS) is 11.2. The van der Waals surface area contributed by atoms with Crippen LogP contribution in [0.25, 0.3) is 0 Å². The minimum Gasteiger partial charge on any atom is -0.473 e. The quantitative estimate of drug-likeness (QED) is 0.271. The lowest BCUT2D eigenvalue weighted by Gasteiger charge is -2.15. The smallest absolute Gasteiger partial charge is 0.418 e. The Morgan fingerprint density at radius 1 is 0.955 bits per heavy atom. The van der Waals surface area contributed by atoms with Crippen molar-refractivity contribution in [1.29, 1.82) is 0 Å². The van der Waals surface area contributed by atoms with Crippen LogP contribution >= 0.6 is 0 Å². The van der Waals surface area contributed by atoms with E-state index >= 15 is 0 Å². The molecule has 1 aromatic carbocycles. The number of carbonyl (C=O) groups is 2. The molecule has 0 unspecified atom stereocenters. The van der Waals surface area contributed by atoms with Gasteiger partial charge in [-0.3, -0.25) is 5.84 Å². The van der Waals surface area contributed by atoms with E-state index in [1.54, 1.807) is 5.43 Å². The highest BCUT2D eigenvalue weighted by Gasteiger charge is 2.38. The zero-order chi connectivity index (χ0) is 17.7. The van der Waals surface area contributed by atoms with Crippen LogP contribution in [0.1, 0.15) is 11.1 Å². The number of nitrogen functional groups attached to an aromatic ring is 1. The van der Waals surface area contributed by atoms with Gasteiger partial charge in [0.05, 0.1) is 16.8 Å². The first-order valence-corrected chi connectivity index (χ1v) is 5.02. The first-order chi connectivity index (χ1) is 9.80. The Kier molecular flexibility index (Phi) is 6.18. The van der Waals surface area contributed by atoms with Crippen molar-refractivity contribution >= 4 is 17.6 Å². The second kappa shape index (κ2) is 6.98. The Balaban J connectivity index is 0.000000626. The SMILES string of the molecule is NNc1ccc(C(F)(F)F)cc1C(F)(F)F.O=C(O)C(=O)O. The largest absolute Gasteiger partial charge is 0.473 e. The number of halogens is 6. The Morgan fingerprint density at radius 2 is 1.41 bits per heavy atom. The van der Waals surface area contributed by atoms with E-state index in [2.05, 4.69) is 0 Å². The molecule has 0 aliphatic carbocycles. The molecule has 0 radical (unpaired) electrons. The summed E-state index contributed by atoms with van der Waals surface area (Å²) in [5.41, 5.74) is -1.75. The number of hydrogen-bond acceptors (Lipinski definition) is 4. The summed E-state index contributed by atoms with van der Waals surface area (Å²) >= 11 is 0. The van der Waals surface area contributed by atoms with E-state index in [1.165, 1.54) is 0 Å². The molecule has 0 aromatic heterocycles. The van der Waals surface area contributed by atoms with E-state index in [0.29, 0.717) is 12.1 Å². The van der Waals surface area contributed by atoms with Crippen molar-refractivity contribution in [2.45, 2.75) is 12.4 Å². The van der Waals surface area contributed by atoms with Crippen LogP contribution in [0.15, 0.2) is 18.2 Å². The number of carboxylic acid groups (broad SMARTS) is 2. The van der Waals surface area contributed by atoms with Gasteiger partial charge in [-0.2, -0.15) is 26.3 Å². The number of aliphatic carboxylic acids is 2. The van der Waals surface area contributed by atoms with Crippen LogP contribution in [0.2, 0.25) is 0 Å². The Bertz CT molecular complexity index is 543. The van der Waals surface area contributed by atoms with Crippen molar-refractivity contribution in [3.05, 3.63) is 29.3 Å². The third kappa shape index (κ3) is 5.87. The molecule has 0 amide bonds. The van der Waals surface area contributed by atoms with Gasteiger partial charge >= 0.3 is 24.3 Å². The van der Waals surface area contributed by atoms with Gasteiger partial charge in [-0.15, -0.1) is 0 Å². The first-order valence-electron chi connectivity index (χ1n) is 5.02. The minimum atomic E-state index is -4.90. The van der Waals surface area contributed by atoms with Gasteiger partial charge in [0, 0.05) is 0 Å². The third-order valence-electron chi connectivity index (χ3n) is 1.99. The van der Waals surface area contributed by atoms with Gasteiger partial charge in [-0.05, 0) is 18.2 Å². The summed E-state index contributed by atoms with van der Waals surface area (Å²) in [6, 6.07) is 1.16. The van der Waals surface area contributed by atoms with Crippen molar-refractivity contribution in [1.82, 2.24) is 0 Å². The van der Waals surface area contributed by atoms with Crippen LogP contribution in [0.3, 0.4) is 0 Å². The maximum absolute atomic E-state index is 12.3. The molecular formula is C10H8F6N2O4. The number of benzene rings is 1. The van der Waals surface area contributed by atoms with Crippen LogP contribution in [0.5, 0.6) is 0 Å². The molecule has 0 saturated heterocycles. The van der Waals surface area contributed by atoms with Crippen LogP contribution in [0, 0.1) is 0 Å². The van der Waals surface area contributed by atoms with Crippen molar-refractivity contribution in [2.75, 3.05) is 5.43 Å². The van der Waals surface area contributed by atoms with Crippen molar-refractivity contribution in [2.24, 2.45) is 5.84 Å². The lowest BCUT2D eigenvalue weighted by atomic mass is 10.1. The molecule has 0 saturated carbocycles. The van der Waals surface area contributed by atoms with E-state index in [1.807, 2.05) is 0 Å². The summed E-state index contributed by atoms with van der Waals surface area (Å²) < 4.78 is 73.5. The Morgan fingerprint density at radius 3 is 1.68 bits per heavy atom. The van der Waals surface area contributed by atoms with Crippen LogP contribution in [0.4, 0.5) is 32.0 Å². The molecule has 124 valence electrons. The highest BCUT2D eigenvalue weighted by molar-refractivity contribution is 6.27. The number of rotatable bonds is 1. The average molecular weight is 334 g/mol. The number of anilines is 1. The lowest BCUT2D eigenvalue weighted by molar-refractivity contribution is -0.159. The molecule has 22 heavy (non-hydrogen) atoms. The van der Waals surface area contributed by atoms with Gasteiger partial charge in [0.15, 0.2) is 0 Å². The predicted octanol–water partition coefficient (Wildman–Crippen LogP) is 2.17. The Hall–Kier alpha value is -2.50. The molecule has 0 aliphatic heterocycles. The predicted molar refractivity (Wildman–Crippen MR) is 59.5 cm³/mol. The molecule has 0 fully saturated rings. The summed E-state index contributed by atoms with van der Waals surface area (Å²) in [4.78, 5) is 18.2. The number of hydrogen-bond donors (Lipinski definition) is 4. The number of nitrogens with one attached hydrogen (secondary N) is 1. The molecule has 0 aliphatic rings. The Labute approximate surface area is 118 Å². The molecule has 0 heterocycles. The second-order valence-electron chi connectivity index (χ2n) is 3.51. The molecule has 5 N–H and O–H groups in total. The molecule has 12 heteroatoms. The molecule has 0 bridgehead atoms. The molecule has 1 rings (SSSR count). The topological polar surface area (TPSA) is 113 Å². The number of hydrazine groups is 1. The van der Waals surface area contributed by atoms with Gasteiger partial charge in [-0.1, -0.05) is 0 Å². The fourth-order valence-electron chi connectivity index (χ4n) is 1.08. The summed E-state index contributed by atoms with van der Waals surface area (Å²) in [5, 5.41) is 14.8.